The number of hydrogen-bond donors (Lipinski definition) is 0. The molecule has 2 nitrogen and oxygen atoms in total. The molecule has 2 heteroatoms. The van der Waals surface area contributed by atoms with E-state index in [1.165, 1.54) is 12.8 Å². The molecule has 2 atom stereocenters. The second-order valence-electron chi connectivity index (χ2n) is 3.34. The normalized spacial score (nSPS) is 34.8. The second kappa shape index (κ2) is 3.35. The topological polar surface area (TPSA) is 12.5 Å². The van der Waals surface area contributed by atoms with Gasteiger partial charge in [0, 0.05) is 6.04 Å². The monoisotopic (exact) mass is 143 g/mol. The van der Waals surface area contributed by atoms with E-state index in [4.69, 9.17) is 4.74 Å². The predicted molar refractivity (Wildman–Crippen MR) is 42.1 cm³/mol. The molecule has 0 saturated carbocycles. The lowest BCUT2D eigenvalue weighted by molar-refractivity contribution is -0.0158. The Kier molecular flexibility index (Phi) is 2.69. The average Bonchev–Trinajstić information content (AvgIpc) is 1.88. The van der Waals surface area contributed by atoms with Gasteiger partial charge in [-0.15, -0.1) is 0 Å². The molecule has 0 bridgehead atoms. The van der Waals surface area contributed by atoms with Crippen LogP contribution in [-0.4, -0.2) is 37.7 Å². The fraction of sp³-hybridized carbons (Fsp3) is 1.00. The third kappa shape index (κ3) is 1.96. The van der Waals surface area contributed by atoms with Crippen molar-refractivity contribution in [3.05, 3.63) is 0 Å². The highest BCUT2D eigenvalue weighted by atomic mass is 16.5. The Bertz CT molecular complexity index is 95.4. The Balaban J connectivity index is 2.26. The molecule has 0 amide bonds. The van der Waals surface area contributed by atoms with Crippen molar-refractivity contribution < 1.29 is 4.74 Å². The Labute approximate surface area is 63.2 Å². The molecule has 1 heterocycles. The van der Waals surface area contributed by atoms with Gasteiger partial charge in [-0.25, -0.2) is 0 Å². The Morgan fingerprint density at radius 1 is 1.30 bits per heavy atom. The predicted octanol–water partition coefficient (Wildman–Crippen LogP) is 1.12. The highest BCUT2D eigenvalue weighted by Gasteiger charge is 2.19. The first kappa shape index (κ1) is 8.02. The van der Waals surface area contributed by atoms with E-state index >= 15 is 0 Å². The smallest absolute Gasteiger partial charge is 0.0625 e. The first-order valence-corrected chi connectivity index (χ1v) is 3.98. The van der Waals surface area contributed by atoms with Crippen molar-refractivity contribution in [2.75, 3.05) is 20.7 Å². The summed E-state index contributed by atoms with van der Waals surface area (Å²) in [4.78, 5) is 2.24. The van der Waals surface area contributed by atoms with Crippen molar-refractivity contribution in [3.63, 3.8) is 0 Å². The van der Waals surface area contributed by atoms with Gasteiger partial charge in [-0.1, -0.05) is 0 Å². The largest absolute Gasteiger partial charge is 0.377 e. The van der Waals surface area contributed by atoms with Gasteiger partial charge < -0.3 is 9.64 Å². The quantitative estimate of drug-likeness (QED) is 0.545. The lowest BCUT2D eigenvalue weighted by atomic mass is 10.1. The van der Waals surface area contributed by atoms with E-state index in [0.29, 0.717) is 12.1 Å². The molecule has 60 valence electrons. The van der Waals surface area contributed by atoms with Gasteiger partial charge in [-0.2, -0.15) is 0 Å². The molecule has 0 aromatic rings. The zero-order chi connectivity index (χ0) is 7.56. The lowest BCUT2D eigenvalue weighted by Gasteiger charge is -2.31. The van der Waals surface area contributed by atoms with Crippen LogP contribution >= 0.6 is 0 Å². The maximum atomic E-state index is 5.51. The van der Waals surface area contributed by atoms with Gasteiger partial charge in [-0.05, 0) is 33.9 Å². The number of hydrogen-bond acceptors (Lipinski definition) is 2. The highest BCUT2D eigenvalue weighted by molar-refractivity contribution is 4.72. The highest BCUT2D eigenvalue weighted by Crippen LogP contribution is 2.15. The number of likely N-dealkylation sites (N-methyl/N-ethyl adjacent to an activating group) is 1. The Morgan fingerprint density at radius 2 is 2.00 bits per heavy atom. The fourth-order valence-corrected chi connectivity index (χ4v) is 1.28. The zero-order valence-electron chi connectivity index (χ0n) is 7.13. The maximum Gasteiger partial charge on any atom is 0.0625 e. The third-order valence-electron chi connectivity index (χ3n) is 2.21. The van der Waals surface area contributed by atoms with Gasteiger partial charge in [0.15, 0.2) is 0 Å². The van der Waals surface area contributed by atoms with E-state index < -0.39 is 0 Å². The molecule has 1 unspecified atom stereocenters. The maximum absolute atomic E-state index is 5.51. The number of rotatable bonds is 1. The standard InChI is InChI=1S/C8H17NO/c1-7-4-5-8(6-10-7)9(2)3/h7-8H,4-6H2,1-3H3/t7-,8?/m0/s1. The molecule has 1 rings (SSSR count). The average molecular weight is 143 g/mol. The first-order valence-electron chi connectivity index (χ1n) is 3.98. The molecule has 0 radical (unpaired) electrons. The van der Waals surface area contributed by atoms with Crippen LogP contribution in [0.4, 0.5) is 0 Å². The van der Waals surface area contributed by atoms with Crippen molar-refractivity contribution in [1.82, 2.24) is 4.90 Å². The summed E-state index contributed by atoms with van der Waals surface area (Å²) < 4.78 is 5.51. The van der Waals surface area contributed by atoms with Crippen molar-refractivity contribution in [3.8, 4) is 0 Å². The summed E-state index contributed by atoms with van der Waals surface area (Å²) >= 11 is 0. The second-order valence-corrected chi connectivity index (χ2v) is 3.34. The van der Waals surface area contributed by atoms with Gasteiger partial charge in [0.05, 0.1) is 12.7 Å². The van der Waals surface area contributed by atoms with Gasteiger partial charge >= 0.3 is 0 Å². The molecule has 0 aromatic carbocycles. The minimum absolute atomic E-state index is 0.483. The molecule has 1 aliphatic heterocycles. The molecule has 1 saturated heterocycles. The van der Waals surface area contributed by atoms with Crippen LogP contribution in [0, 0.1) is 0 Å². The van der Waals surface area contributed by atoms with Gasteiger partial charge in [0.1, 0.15) is 0 Å². The molecule has 0 spiro atoms. The summed E-state index contributed by atoms with van der Waals surface area (Å²) in [5, 5.41) is 0. The van der Waals surface area contributed by atoms with Crippen LogP contribution in [0.1, 0.15) is 19.8 Å². The summed E-state index contributed by atoms with van der Waals surface area (Å²) in [6.45, 7) is 3.06. The van der Waals surface area contributed by atoms with E-state index in [1.807, 2.05) is 0 Å². The fourth-order valence-electron chi connectivity index (χ4n) is 1.28. The van der Waals surface area contributed by atoms with E-state index in [0.717, 1.165) is 6.61 Å². The van der Waals surface area contributed by atoms with Crippen LogP contribution in [0.2, 0.25) is 0 Å². The van der Waals surface area contributed by atoms with Crippen LogP contribution < -0.4 is 0 Å². The van der Waals surface area contributed by atoms with Crippen LogP contribution in [0.15, 0.2) is 0 Å². The minimum atomic E-state index is 0.483. The summed E-state index contributed by atoms with van der Waals surface area (Å²) in [5.74, 6) is 0. The van der Waals surface area contributed by atoms with E-state index in [1.54, 1.807) is 0 Å². The molecular weight excluding hydrogens is 126 g/mol. The molecule has 0 aromatic heterocycles. The number of ether oxygens (including phenoxy) is 1. The molecule has 0 N–H and O–H groups in total. The summed E-state index contributed by atoms with van der Waals surface area (Å²) in [7, 11) is 4.23. The first-order chi connectivity index (χ1) is 4.70. The van der Waals surface area contributed by atoms with Gasteiger partial charge in [-0.3, -0.25) is 0 Å². The Hall–Kier alpha value is -0.0800. The molecular formula is C8H17NO. The van der Waals surface area contributed by atoms with Crippen LogP contribution in [0.25, 0.3) is 0 Å². The number of nitrogens with zero attached hydrogens (tertiary/aromatic N) is 1. The van der Waals surface area contributed by atoms with Crippen molar-refractivity contribution >= 4 is 0 Å². The SMILES string of the molecule is C[C@H]1CCC(N(C)C)CO1. The molecule has 0 aliphatic carbocycles. The van der Waals surface area contributed by atoms with Crippen molar-refractivity contribution in [1.29, 1.82) is 0 Å². The van der Waals surface area contributed by atoms with Crippen LogP contribution in [-0.2, 0) is 4.74 Å². The summed E-state index contributed by atoms with van der Waals surface area (Å²) in [6.07, 6.45) is 2.98. The van der Waals surface area contributed by atoms with Crippen molar-refractivity contribution in [2.24, 2.45) is 0 Å². The molecule has 1 fully saturated rings. The van der Waals surface area contributed by atoms with Crippen molar-refractivity contribution in [2.45, 2.75) is 31.9 Å². The van der Waals surface area contributed by atoms with Gasteiger partial charge in [0.2, 0.25) is 0 Å². The minimum Gasteiger partial charge on any atom is -0.377 e. The summed E-state index contributed by atoms with van der Waals surface area (Å²) in [6, 6.07) is 0.649. The van der Waals surface area contributed by atoms with E-state index in [2.05, 4.69) is 25.9 Å². The Morgan fingerprint density at radius 3 is 2.40 bits per heavy atom. The van der Waals surface area contributed by atoms with E-state index in [9.17, 15) is 0 Å². The van der Waals surface area contributed by atoms with Crippen LogP contribution in [0.5, 0.6) is 0 Å². The van der Waals surface area contributed by atoms with Crippen LogP contribution in [0.3, 0.4) is 0 Å². The van der Waals surface area contributed by atoms with E-state index in [-0.39, 0.29) is 0 Å². The third-order valence-corrected chi connectivity index (χ3v) is 2.21. The van der Waals surface area contributed by atoms with Gasteiger partial charge in [0.25, 0.3) is 0 Å². The zero-order valence-corrected chi connectivity index (χ0v) is 7.13. The lowest BCUT2D eigenvalue weighted by Crippen LogP contribution is -2.38. The molecule has 10 heavy (non-hydrogen) atoms. The molecule has 1 aliphatic rings. The summed E-state index contributed by atoms with van der Waals surface area (Å²) in [5.41, 5.74) is 0.